The van der Waals surface area contributed by atoms with Gasteiger partial charge in [0, 0.05) is 0 Å². The molecule has 0 spiro atoms. The number of allylic oxidation sites excluding steroid dienone is 2. The molecule has 2 saturated carbocycles. The van der Waals surface area contributed by atoms with Gasteiger partial charge in [-0.3, -0.25) is 9.59 Å². The van der Waals surface area contributed by atoms with Crippen LogP contribution in [0.25, 0.3) is 0 Å². The Balaban J connectivity index is 1.44. The third kappa shape index (κ3) is 2.02. The summed E-state index contributed by atoms with van der Waals surface area (Å²) < 4.78 is 5.06. The van der Waals surface area contributed by atoms with Gasteiger partial charge in [-0.15, -0.1) is 0 Å². The van der Waals surface area contributed by atoms with Crippen molar-refractivity contribution in [2.75, 3.05) is 7.11 Å². The second-order valence-electron chi connectivity index (χ2n) is 7.44. The van der Waals surface area contributed by atoms with E-state index in [1.165, 1.54) is 19.4 Å². The Kier molecular flexibility index (Phi) is 3.26. The maximum Gasteiger partial charge on any atom is 0.254 e. The number of methoxy groups -OCH3 is 1. The van der Waals surface area contributed by atoms with Crippen molar-refractivity contribution in [3.63, 3.8) is 0 Å². The van der Waals surface area contributed by atoms with Gasteiger partial charge in [0.25, 0.3) is 11.8 Å². The Hall–Kier alpha value is -2.34. The number of nitrogens with zero attached hydrogens (tertiary/aromatic N) is 2. The summed E-state index contributed by atoms with van der Waals surface area (Å²) >= 11 is 5.97. The van der Waals surface area contributed by atoms with E-state index in [0.29, 0.717) is 17.4 Å². The van der Waals surface area contributed by atoms with E-state index in [2.05, 4.69) is 17.3 Å². The molecule has 134 valence electrons. The van der Waals surface area contributed by atoms with Gasteiger partial charge in [-0.05, 0) is 47.8 Å². The normalized spacial score (nSPS) is 36.6. The number of imide groups is 1. The highest BCUT2D eigenvalue weighted by atomic mass is 35.5. The van der Waals surface area contributed by atoms with E-state index in [1.807, 2.05) is 0 Å². The van der Waals surface area contributed by atoms with Crippen LogP contribution < -0.4 is 4.74 Å². The van der Waals surface area contributed by atoms with Crippen molar-refractivity contribution in [1.29, 1.82) is 0 Å². The summed E-state index contributed by atoms with van der Waals surface area (Å²) in [5.41, 5.74) is 0.532. The van der Waals surface area contributed by atoms with E-state index >= 15 is 0 Å². The molecule has 5 aliphatic rings. The molecular formula is C19H17ClN2O4. The molecular weight excluding hydrogens is 356 g/mol. The topological polar surface area (TPSA) is 79.2 Å². The number of carbonyl (C=O) groups excluding carboxylic acids is 2. The number of aromatic hydroxyl groups is 1. The number of phenols is 1. The number of carbonyl (C=O) groups is 2. The lowest BCUT2D eigenvalue weighted by Crippen LogP contribution is -2.40. The van der Waals surface area contributed by atoms with Gasteiger partial charge in [-0.2, -0.15) is 10.1 Å². The third-order valence-corrected chi connectivity index (χ3v) is 6.52. The van der Waals surface area contributed by atoms with Crippen molar-refractivity contribution in [2.45, 2.75) is 6.42 Å². The zero-order valence-electron chi connectivity index (χ0n) is 14.0. The fourth-order valence-corrected chi connectivity index (χ4v) is 5.22. The molecule has 6 rings (SSSR count). The number of hydrogen-bond donors (Lipinski definition) is 1. The van der Waals surface area contributed by atoms with Crippen LogP contribution in [0.2, 0.25) is 5.02 Å². The highest BCUT2D eigenvalue weighted by Crippen LogP contribution is 2.65. The SMILES string of the molecule is COc1cc(/C=N\N2C(=O)[C@@H]3[C@@H]4C=C[C@H]([C@H]5C[C@H]45)[C@@H]3C2=O)cc(Cl)c1O. The quantitative estimate of drug-likeness (QED) is 0.502. The average molecular weight is 373 g/mol. The molecule has 1 aliphatic heterocycles. The molecule has 1 heterocycles. The molecule has 1 saturated heterocycles. The Morgan fingerprint density at radius 3 is 2.38 bits per heavy atom. The monoisotopic (exact) mass is 372 g/mol. The molecule has 4 aliphatic carbocycles. The first-order valence-electron chi connectivity index (χ1n) is 8.68. The van der Waals surface area contributed by atoms with Crippen LogP contribution in [0.3, 0.4) is 0 Å². The fraction of sp³-hybridized carbons (Fsp3) is 0.421. The van der Waals surface area contributed by atoms with Crippen LogP contribution in [0, 0.1) is 35.5 Å². The van der Waals surface area contributed by atoms with Crippen LogP contribution in [0.1, 0.15) is 12.0 Å². The molecule has 0 aromatic heterocycles. The van der Waals surface area contributed by atoms with E-state index in [9.17, 15) is 14.7 Å². The van der Waals surface area contributed by atoms with Crippen molar-refractivity contribution in [2.24, 2.45) is 40.6 Å². The summed E-state index contributed by atoms with van der Waals surface area (Å²) in [4.78, 5) is 25.7. The minimum absolute atomic E-state index is 0.112. The molecule has 3 fully saturated rings. The number of hydrazone groups is 1. The number of rotatable bonds is 3. The number of halogens is 1. The Morgan fingerprint density at radius 2 is 1.81 bits per heavy atom. The van der Waals surface area contributed by atoms with Crippen LogP contribution in [0.15, 0.2) is 29.4 Å². The highest BCUT2D eigenvalue weighted by molar-refractivity contribution is 6.32. The van der Waals surface area contributed by atoms with Crippen molar-refractivity contribution < 1.29 is 19.4 Å². The lowest BCUT2D eigenvalue weighted by molar-refractivity contribution is -0.140. The zero-order chi connectivity index (χ0) is 18.2. The van der Waals surface area contributed by atoms with Gasteiger partial charge < -0.3 is 9.84 Å². The predicted molar refractivity (Wildman–Crippen MR) is 93.8 cm³/mol. The van der Waals surface area contributed by atoms with E-state index < -0.39 is 0 Å². The molecule has 0 radical (unpaired) electrons. The lowest BCUT2D eigenvalue weighted by atomic mass is 9.63. The number of phenolic OH excluding ortho intramolecular Hbond substituents is 1. The zero-order valence-corrected chi connectivity index (χ0v) is 14.8. The Morgan fingerprint density at radius 1 is 1.19 bits per heavy atom. The fourth-order valence-electron chi connectivity index (χ4n) is 5.00. The first-order valence-corrected chi connectivity index (χ1v) is 9.05. The first-order chi connectivity index (χ1) is 12.5. The molecule has 1 N–H and O–H groups in total. The lowest BCUT2D eigenvalue weighted by Gasteiger charge is -2.37. The first kappa shape index (κ1) is 15.9. The molecule has 1 aromatic rings. The summed E-state index contributed by atoms with van der Waals surface area (Å²) in [7, 11) is 1.42. The van der Waals surface area contributed by atoms with Crippen LogP contribution in [-0.4, -0.2) is 35.3 Å². The average Bonchev–Trinajstić information content (AvgIpc) is 3.41. The minimum Gasteiger partial charge on any atom is -0.503 e. The largest absolute Gasteiger partial charge is 0.503 e. The van der Waals surface area contributed by atoms with Crippen molar-refractivity contribution in [1.82, 2.24) is 5.01 Å². The van der Waals surface area contributed by atoms with Gasteiger partial charge in [0.1, 0.15) is 0 Å². The van der Waals surface area contributed by atoms with Crippen LogP contribution in [0.5, 0.6) is 11.5 Å². The summed E-state index contributed by atoms with van der Waals surface area (Å²) in [6.45, 7) is 0. The predicted octanol–water partition coefficient (Wildman–Crippen LogP) is 2.44. The number of amides is 2. The maximum atomic E-state index is 12.8. The number of hydrogen-bond acceptors (Lipinski definition) is 5. The third-order valence-electron chi connectivity index (χ3n) is 6.23. The summed E-state index contributed by atoms with van der Waals surface area (Å²) in [6, 6.07) is 3.05. The van der Waals surface area contributed by atoms with Gasteiger partial charge in [0.05, 0.1) is 30.2 Å². The minimum atomic E-state index is -0.267. The van der Waals surface area contributed by atoms with Gasteiger partial charge in [-0.1, -0.05) is 23.8 Å². The maximum absolute atomic E-state index is 12.8. The molecule has 6 atom stereocenters. The van der Waals surface area contributed by atoms with Crippen LogP contribution in [0.4, 0.5) is 0 Å². The summed E-state index contributed by atoms with van der Waals surface area (Å²) in [5, 5.41) is 15.1. The van der Waals surface area contributed by atoms with E-state index in [4.69, 9.17) is 16.3 Å². The summed E-state index contributed by atoms with van der Waals surface area (Å²) in [6.07, 6.45) is 6.79. The molecule has 26 heavy (non-hydrogen) atoms. The van der Waals surface area contributed by atoms with E-state index in [0.717, 1.165) is 11.4 Å². The van der Waals surface area contributed by atoms with Crippen molar-refractivity contribution in [3.8, 4) is 11.5 Å². The second-order valence-corrected chi connectivity index (χ2v) is 7.85. The molecule has 2 amide bonds. The van der Waals surface area contributed by atoms with E-state index in [1.54, 1.807) is 6.07 Å². The van der Waals surface area contributed by atoms with Crippen molar-refractivity contribution in [3.05, 3.63) is 34.9 Å². The highest BCUT2D eigenvalue weighted by Gasteiger charge is 2.67. The molecule has 7 heteroatoms. The Labute approximate surface area is 155 Å². The smallest absolute Gasteiger partial charge is 0.254 e. The van der Waals surface area contributed by atoms with E-state index in [-0.39, 0.29) is 52.0 Å². The number of ether oxygens (including phenoxy) is 1. The van der Waals surface area contributed by atoms with Crippen molar-refractivity contribution >= 4 is 29.6 Å². The van der Waals surface area contributed by atoms with Gasteiger partial charge in [0.2, 0.25) is 0 Å². The van der Waals surface area contributed by atoms with Crippen LogP contribution >= 0.6 is 11.6 Å². The Bertz CT molecular complexity index is 860. The molecule has 2 bridgehead atoms. The molecule has 0 unspecified atom stereocenters. The van der Waals surface area contributed by atoms with Crippen LogP contribution in [-0.2, 0) is 9.59 Å². The molecule has 1 aromatic carbocycles. The van der Waals surface area contributed by atoms with Gasteiger partial charge in [0.15, 0.2) is 11.5 Å². The summed E-state index contributed by atoms with van der Waals surface area (Å²) in [5.74, 6) is 0.564. The molecule has 6 nitrogen and oxygen atoms in total. The van der Waals surface area contributed by atoms with Gasteiger partial charge in [-0.25, -0.2) is 0 Å². The standard InChI is InChI=1S/C19H17ClN2O4/c1-26-14-5-8(4-13(20)17(14)23)7-21-22-18(24)15-9-2-3-10(12-6-11(9)12)16(15)19(22)25/h2-5,7,9-12,15-16,23H,6H2,1H3/b21-7-/t9-,10-,11-,12-,15-,16+/m1/s1. The number of benzene rings is 1. The second kappa shape index (κ2) is 5.33. The van der Waals surface area contributed by atoms with Gasteiger partial charge >= 0.3 is 0 Å².